The number of anilines is 3. The molecule has 3 aromatic rings. The number of nitrogens with two attached hydrogens (primary N) is 1. The highest BCUT2D eigenvalue weighted by Crippen LogP contribution is 2.22. The average molecular weight is 335 g/mol. The molecule has 2 aromatic carbocycles. The molecule has 128 valence electrons. The van der Waals surface area contributed by atoms with Gasteiger partial charge in [0.1, 0.15) is 0 Å². The first-order chi connectivity index (χ1) is 12.0. The number of aromatic nitrogens is 3. The Bertz CT molecular complexity index is 847. The molecule has 0 aliphatic carbocycles. The summed E-state index contributed by atoms with van der Waals surface area (Å²) in [7, 11) is 1.69. The van der Waals surface area contributed by atoms with Crippen molar-refractivity contribution >= 4 is 17.6 Å². The van der Waals surface area contributed by atoms with Crippen molar-refractivity contribution in [3.05, 3.63) is 59.7 Å². The van der Waals surface area contributed by atoms with Crippen LogP contribution in [0.5, 0.6) is 0 Å². The summed E-state index contributed by atoms with van der Waals surface area (Å²) in [5.74, 6) is 1.12. The largest absolute Gasteiger partial charge is 0.377 e. The predicted molar refractivity (Wildman–Crippen MR) is 99.6 cm³/mol. The van der Waals surface area contributed by atoms with E-state index in [2.05, 4.69) is 20.3 Å². The zero-order valence-electron chi connectivity index (χ0n) is 14.5. The normalized spacial score (nSPS) is 12.0. The highest BCUT2D eigenvalue weighted by Gasteiger charge is 2.09. The Morgan fingerprint density at radius 1 is 0.960 bits per heavy atom. The number of benzene rings is 2. The van der Waals surface area contributed by atoms with E-state index in [1.165, 1.54) is 5.56 Å². The van der Waals surface area contributed by atoms with Gasteiger partial charge >= 0.3 is 0 Å². The van der Waals surface area contributed by atoms with Gasteiger partial charge in [-0.25, -0.2) is 0 Å². The Hall–Kier alpha value is -2.99. The molecule has 0 fully saturated rings. The first-order valence-electron chi connectivity index (χ1n) is 8.03. The molecular weight excluding hydrogens is 314 g/mol. The van der Waals surface area contributed by atoms with Crippen molar-refractivity contribution in [3.8, 4) is 11.4 Å². The second-order valence-electron chi connectivity index (χ2n) is 5.83. The van der Waals surface area contributed by atoms with Gasteiger partial charge in [-0.1, -0.05) is 42.0 Å². The van der Waals surface area contributed by atoms with Gasteiger partial charge in [0.25, 0.3) is 0 Å². The van der Waals surface area contributed by atoms with Crippen LogP contribution in [0.3, 0.4) is 0 Å². The molecule has 0 bridgehead atoms. The first kappa shape index (κ1) is 16.9. The molecule has 3 rings (SSSR count). The summed E-state index contributed by atoms with van der Waals surface area (Å²) in [4.78, 5) is 12.9. The van der Waals surface area contributed by atoms with Crippen LogP contribution in [0.1, 0.15) is 24.2 Å². The molecule has 0 aliphatic rings. The summed E-state index contributed by atoms with van der Waals surface area (Å²) in [6.07, 6.45) is 0.0382. The van der Waals surface area contributed by atoms with Gasteiger partial charge in [-0.15, -0.1) is 0 Å². The molecule has 0 spiro atoms. The molecule has 0 radical (unpaired) electrons. The first-order valence-corrected chi connectivity index (χ1v) is 8.03. The molecule has 6 nitrogen and oxygen atoms in total. The summed E-state index contributed by atoms with van der Waals surface area (Å²) < 4.78 is 5.32. The van der Waals surface area contributed by atoms with Crippen molar-refractivity contribution in [3.63, 3.8) is 0 Å². The number of nitrogens with zero attached hydrogens (tertiary/aromatic N) is 3. The number of nitrogens with one attached hydrogen (secondary N) is 1. The van der Waals surface area contributed by atoms with Gasteiger partial charge in [-0.3, -0.25) is 0 Å². The topological polar surface area (TPSA) is 86.0 Å². The van der Waals surface area contributed by atoms with Crippen LogP contribution >= 0.6 is 0 Å². The van der Waals surface area contributed by atoms with E-state index in [-0.39, 0.29) is 12.1 Å². The highest BCUT2D eigenvalue weighted by molar-refractivity contribution is 5.61. The number of aryl methyl sites for hydroxylation is 1. The maximum Gasteiger partial charge on any atom is 0.232 e. The van der Waals surface area contributed by atoms with E-state index in [9.17, 15) is 0 Å². The number of hydrogen-bond donors (Lipinski definition) is 2. The Kier molecular flexibility index (Phi) is 4.90. The van der Waals surface area contributed by atoms with Crippen LogP contribution in [0.25, 0.3) is 11.4 Å². The second-order valence-corrected chi connectivity index (χ2v) is 5.83. The van der Waals surface area contributed by atoms with Crippen LogP contribution in [0.15, 0.2) is 48.5 Å². The Balaban J connectivity index is 1.87. The number of hydrogen-bond acceptors (Lipinski definition) is 6. The fourth-order valence-electron chi connectivity index (χ4n) is 2.38. The van der Waals surface area contributed by atoms with Crippen LogP contribution in [-0.4, -0.2) is 22.1 Å². The van der Waals surface area contributed by atoms with E-state index < -0.39 is 0 Å². The summed E-state index contributed by atoms with van der Waals surface area (Å²) in [6, 6.07) is 15.9. The maximum atomic E-state index is 5.85. The molecule has 0 saturated carbocycles. The van der Waals surface area contributed by atoms with Crippen LogP contribution in [0.4, 0.5) is 17.6 Å². The van der Waals surface area contributed by atoms with E-state index in [4.69, 9.17) is 10.5 Å². The fraction of sp³-hybridized carbons (Fsp3) is 0.211. The fourth-order valence-corrected chi connectivity index (χ4v) is 2.38. The van der Waals surface area contributed by atoms with Crippen LogP contribution < -0.4 is 11.1 Å². The van der Waals surface area contributed by atoms with Crippen molar-refractivity contribution < 1.29 is 4.74 Å². The monoisotopic (exact) mass is 335 g/mol. The van der Waals surface area contributed by atoms with Gasteiger partial charge in [0.2, 0.25) is 11.9 Å². The molecule has 1 aromatic heterocycles. The van der Waals surface area contributed by atoms with Crippen molar-refractivity contribution in [2.24, 2.45) is 0 Å². The van der Waals surface area contributed by atoms with Gasteiger partial charge in [0.05, 0.1) is 6.10 Å². The van der Waals surface area contributed by atoms with Gasteiger partial charge < -0.3 is 15.8 Å². The molecule has 0 saturated heterocycles. The number of nitrogen functional groups attached to an aromatic ring is 1. The lowest BCUT2D eigenvalue weighted by molar-refractivity contribution is 0.119. The Morgan fingerprint density at radius 3 is 2.28 bits per heavy atom. The zero-order chi connectivity index (χ0) is 17.8. The highest BCUT2D eigenvalue weighted by atomic mass is 16.5. The zero-order valence-corrected chi connectivity index (χ0v) is 14.5. The number of rotatable bonds is 5. The standard InChI is InChI=1S/C19H21N5O/c1-12-4-10-16(11-5-12)21-19-23-17(22-18(20)24-19)15-8-6-14(7-9-15)13(2)25-3/h4-11,13H,1-3H3,(H3,20,21,22,23,24)/t13-/m1/s1. The predicted octanol–water partition coefficient (Wildman–Crippen LogP) is 3.88. The minimum Gasteiger partial charge on any atom is -0.377 e. The van der Waals surface area contributed by atoms with Crippen molar-refractivity contribution in [1.82, 2.24) is 15.0 Å². The van der Waals surface area contributed by atoms with Crippen LogP contribution in [0.2, 0.25) is 0 Å². The van der Waals surface area contributed by atoms with Gasteiger partial charge in [0.15, 0.2) is 5.82 Å². The Morgan fingerprint density at radius 2 is 1.64 bits per heavy atom. The smallest absolute Gasteiger partial charge is 0.232 e. The third kappa shape index (κ3) is 4.10. The molecule has 0 amide bonds. The third-order valence-corrected chi connectivity index (χ3v) is 3.95. The second kappa shape index (κ2) is 7.27. The minimum atomic E-state index is 0.0382. The van der Waals surface area contributed by atoms with Crippen LogP contribution in [0, 0.1) is 6.92 Å². The average Bonchev–Trinajstić information content (AvgIpc) is 2.62. The summed E-state index contributed by atoms with van der Waals surface area (Å²) >= 11 is 0. The van der Waals surface area contributed by atoms with Crippen molar-refractivity contribution in [2.45, 2.75) is 20.0 Å². The van der Waals surface area contributed by atoms with Gasteiger partial charge in [-0.2, -0.15) is 15.0 Å². The molecule has 6 heteroatoms. The SMILES string of the molecule is CO[C@H](C)c1ccc(-c2nc(N)nc(Nc3ccc(C)cc3)n2)cc1. The minimum absolute atomic E-state index is 0.0382. The van der Waals surface area contributed by atoms with Gasteiger partial charge in [-0.05, 0) is 31.5 Å². The van der Waals surface area contributed by atoms with E-state index in [0.717, 1.165) is 16.8 Å². The van der Waals surface area contributed by atoms with Crippen LogP contribution in [-0.2, 0) is 4.74 Å². The summed E-state index contributed by atoms with van der Waals surface area (Å²) in [5.41, 5.74) is 9.89. The van der Waals surface area contributed by atoms with Crippen molar-refractivity contribution in [2.75, 3.05) is 18.2 Å². The van der Waals surface area contributed by atoms with E-state index >= 15 is 0 Å². The Labute approximate surface area is 147 Å². The van der Waals surface area contributed by atoms with E-state index in [0.29, 0.717) is 11.8 Å². The van der Waals surface area contributed by atoms with Crippen molar-refractivity contribution in [1.29, 1.82) is 0 Å². The summed E-state index contributed by atoms with van der Waals surface area (Å²) in [6.45, 7) is 4.04. The molecule has 3 N–H and O–H groups in total. The quantitative estimate of drug-likeness (QED) is 0.736. The maximum absolute atomic E-state index is 5.85. The number of ether oxygens (including phenoxy) is 1. The van der Waals surface area contributed by atoms with Gasteiger partial charge in [0, 0.05) is 18.4 Å². The molecule has 0 aliphatic heterocycles. The number of methoxy groups -OCH3 is 1. The lowest BCUT2D eigenvalue weighted by Gasteiger charge is -2.11. The summed E-state index contributed by atoms with van der Waals surface area (Å²) in [5, 5.41) is 3.16. The lowest BCUT2D eigenvalue weighted by Crippen LogP contribution is -2.05. The molecular formula is C19H21N5O. The molecule has 1 heterocycles. The third-order valence-electron chi connectivity index (χ3n) is 3.95. The molecule has 1 atom stereocenters. The van der Waals surface area contributed by atoms with E-state index in [1.54, 1.807) is 7.11 Å². The molecule has 0 unspecified atom stereocenters. The molecule has 25 heavy (non-hydrogen) atoms. The lowest BCUT2D eigenvalue weighted by atomic mass is 10.1. The van der Waals surface area contributed by atoms with E-state index in [1.807, 2.05) is 62.4 Å².